The molecule has 55 heavy (non-hydrogen) atoms. The van der Waals surface area contributed by atoms with Gasteiger partial charge in [-0.25, -0.2) is 4.98 Å². The van der Waals surface area contributed by atoms with Crippen LogP contribution >= 0.6 is 0 Å². The van der Waals surface area contributed by atoms with Gasteiger partial charge in [0.15, 0.2) is 5.58 Å². The fourth-order valence-electron chi connectivity index (χ4n) is 8.21. The number of anilines is 3. The van der Waals surface area contributed by atoms with Gasteiger partial charge >= 0.3 is 0 Å². The molecule has 0 saturated carbocycles. The highest BCUT2D eigenvalue weighted by Gasteiger charge is 2.23. The largest absolute Gasteiger partial charge is 0.434 e. The Bertz CT molecular complexity index is 3210. The molecule has 0 fully saturated rings. The molecule has 9 aromatic carbocycles. The first-order valence-electron chi connectivity index (χ1n) is 18.6. The topological polar surface area (TPSA) is 34.2 Å². The van der Waals surface area contributed by atoms with Crippen LogP contribution < -0.4 is 4.90 Å². The molecular weight excluding hydrogens is 671 g/mol. The molecule has 0 aliphatic carbocycles. The van der Waals surface area contributed by atoms with E-state index >= 15 is 0 Å². The van der Waals surface area contributed by atoms with Gasteiger partial charge in [-0.3, -0.25) is 0 Å². The summed E-state index contributed by atoms with van der Waals surface area (Å²) in [5.74, 6) is 0.596. The Balaban J connectivity index is 1.17. The van der Waals surface area contributed by atoms with Crippen LogP contribution in [0.4, 0.5) is 17.1 Å². The van der Waals surface area contributed by atoms with Crippen LogP contribution in [-0.2, 0) is 0 Å². The van der Waals surface area contributed by atoms with Crippen molar-refractivity contribution in [3.8, 4) is 28.3 Å². The summed E-state index contributed by atoms with van der Waals surface area (Å²) in [6.07, 6.45) is 0. The van der Waals surface area contributed by atoms with Crippen LogP contribution in [0.2, 0.25) is 0 Å². The van der Waals surface area contributed by atoms with Gasteiger partial charge in [0, 0.05) is 33.4 Å². The van der Waals surface area contributed by atoms with Gasteiger partial charge in [0.25, 0.3) is 0 Å². The number of oxazole rings is 1. The Morgan fingerprint density at radius 2 is 1.13 bits per heavy atom. The van der Waals surface area contributed by atoms with E-state index in [9.17, 15) is 0 Å². The molecule has 0 saturated heterocycles. The fourth-order valence-corrected chi connectivity index (χ4v) is 8.21. The average molecular weight is 704 g/mol. The normalized spacial score (nSPS) is 11.6. The van der Waals surface area contributed by atoms with Crippen LogP contribution in [0, 0.1) is 0 Å². The van der Waals surface area contributed by atoms with Gasteiger partial charge in [-0.15, -0.1) is 0 Å². The van der Waals surface area contributed by atoms with Crippen molar-refractivity contribution >= 4 is 71.5 Å². The first-order chi connectivity index (χ1) is 27.3. The van der Waals surface area contributed by atoms with E-state index in [-0.39, 0.29) is 0 Å². The quantitative estimate of drug-likeness (QED) is 0.173. The molecule has 0 aliphatic heterocycles. The van der Waals surface area contributed by atoms with Gasteiger partial charge in [0.1, 0.15) is 5.52 Å². The number of aromatic nitrogens is 2. The Morgan fingerprint density at radius 1 is 0.436 bits per heavy atom. The molecule has 4 heteroatoms. The number of nitrogens with zero attached hydrogens (tertiary/aromatic N) is 3. The summed E-state index contributed by atoms with van der Waals surface area (Å²) in [5.41, 5.74) is 11.2. The van der Waals surface area contributed by atoms with Crippen molar-refractivity contribution in [3.05, 3.63) is 200 Å². The third-order valence-electron chi connectivity index (χ3n) is 10.8. The summed E-state index contributed by atoms with van der Waals surface area (Å²) in [5, 5.41) is 7.19. The van der Waals surface area contributed by atoms with Crippen LogP contribution in [0.25, 0.3) is 82.7 Å². The van der Waals surface area contributed by atoms with Crippen molar-refractivity contribution in [2.24, 2.45) is 0 Å². The van der Waals surface area contributed by atoms with Gasteiger partial charge in [-0.05, 0) is 105 Å². The smallest absolute Gasteiger partial charge is 0.227 e. The first kappa shape index (κ1) is 31.1. The Labute approximate surface area is 317 Å². The molecule has 0 amide bonds. The molecule has 0 radical (unpaired) electrons. The van der Waals surface area contributed by atoms with E-state index in [0.29, 0.717) is 5.89 Å². The molecule has 2 aromatic heterocycles. The van der Waals surface area contributed by atoms with Crippen molar-refractivity contribution in [2.45, 2.75) is 0 Å². The third kappa shape index (κ3) is 5.19. The summed E-state index contributed by atoms with van der Waals surface area (Å²) in [4.78, 5) is 7.37. The lowest BCUT2D eigenvalue weighted by Gasteiger charge is -2.26. The van der Waals surface area contributed by atoms with Crippen molar-refractivity contribution < 1.29 is 4.42 Å². The molecule has 0 N–H and O–H groups in total. The first-order valence-corrected chi connectivity index (χ1v) is 18.6. The van der Waals surface area contributed by atoms with E-state index in [4.69, 9.17) is 9.40 Å². The van der Waals surface area contributed by atoms with Crippen LogP contribution in [0.3, 0.4) is 0 Å². The van der Waals surface area contributed by atoms with E-state index in [0.717, 1.165) is 61.4 Å². The Kier molecular flexibility index (Phi) is 7.14. The maximum Gasteiger partial charge on any atom is 0.227 e. The third-order valence-corrected chi connectivity index (χ3v) is 10.8. The fraction of sp³-hybridized carbons (Fsp3) is 0. The zero-order valence-electron chi connectivity index (χ0n) is 29.8. The van der Waals surface area contributed by atoms with E-state index in [1.54, 1.807) is 0 Å². The summed E-state index contributed by atoms with van der Waals surface area (Å²) < 4.78 is 9.18. The molecule has 0 atom stereocenters. The number of rotatable bonds is 6. The van der Waals surface area contributed by atoms with Gasteiger partial charge < -0.3 is 13.9 Å². The lowest BCUT2D eigenvalue weighted by molar-refractivity contribution is 0.620. The molecule has 0 unspecified atom stereocenters. The van der Waals surface area contributed by atoms with Gasteiger partial charge in [0.05, 0.1) is 16.7 Å². The summed E-state index contributed by atoms with van der Waals surface area (Å²) >= 11 is 0. The highest BCUT2D eigenvalue weighted by Crippen LogP contribution is 2.45. The monoisotopic (exact) mass is 703 g/mol. The minimum Gasteiger partial charge on any atom is -0.434 e. The zero-order valence-corrected chi connectivity index (χ0v) is 29.8. The minimum absolute atomic E-state index is 0.596. The SMILES string of the molecule is c1ccc(-c2cccc(N(c3ccc4c(c3)c3c5ccccc5ccc3n4-c3ccccc3)c3cccc4nc(-c5ccc6ccccc6c5)oc34)c2)cc1. The standard InChI is InChI=1S/C51H33N3O/c1-3-13-34(14-4-1)38-18-11-21-41(32-38)53(48-24-12-23-45-50(48)55-51(52-45)39-26-25-35-15-7-8-17-37(35)31-39)42-28-30-46-44(33-42)49-43-22-10-9-16-36(43)27-29-47(49)54(46)40-19-5-2-6-20-40/h1-33H. The molecule has 4 nitrogen and oxygen atoms in total. The lowest BCUT2D eigenvalue weighted by Crippen LogP contribution is -2.10. The molecule has 2 heterocycles. The second-order valence-corrected chi connectivity index (χ2v) is 14.0. The molecule has 11 aromatic rings. The van der Waals surface area contributed by atoms with Crippen molar-refractivity contribution in [1.82, 2.24) is 9.55 Å². The highest BCUT2D eigenvalue weighted by atomic mass is 16.3. The molecular formula is C51H33N3O. The number of para-hydroxylation sites is 2. The van der Waals surface area contributed by atoms with Crippen LogP contribution in [0.1, 0.15) is 0 Å². The van der Waals surface area contributed by atoms with E-state index < -0.39 is 0 Å². The summed E-state index contributed by atoms with van der Waals surface area (Å²) in [6.45, 7) is 0. The van der Waals surface area contributed by atoms with Crippen molar-refractivity contribution in [3.63, 3.8) is 0 Å². The Hall–Kier alpha value is -7.43. The minimum atomic E-state index is 0.596. The number of fused-ring (bicyclic) bond motifs is 7. The second-order valence-electron chi connectivity index (χ2n) is 14.0. The van der Waals surface area contributed by atoms with E-state index in [1.807, 2.05) is 6.07 Å². The molecule has 11 rings (SSSR count). The number of hydrogen-bond donors (Lipinski definition) is 0. The number of benzene rings is 9. The second kappa shape index (κ2) is 12.6. The average Bonchev–Trinajstić information content (AvgIpc) is 3.85. The summed E-state index contributed by atoms with van der Waals surface area (Å²) in [7, 11) is 0. The van der Waals surface area contributed by atoms with Gasteiger partial charge in [-0.1, -0.05) is 127 Å². The van der Waals surface area contributed by atoms with Gasteiger partial charge in [-0.2, -0.15) is 0 Å². The predicted octanol–water partition coefficient (Wildman–Crippen LogP) is 14.0. The molecule has 258 valence electrons. The van der Waals surface area contributed by atoms with Crippen molar-refractivity contribution in [2.75, 3.05) is 4.90 Å². The van der Waals surface area contributed by atoms with Crippen LogP contribution in [-0.4, -0.2) is 9.55 Å². The predicted molar refractivity (Wildman–Crippen MR) is 229 cm³/mol. The highest BCUT2D eigenvalue weighted by molar-refractivity contribution is 6.22. The van der Waals surface area contributed by atoms with Crippen molar-refractivity contribution in [1.29, 1.82) is 0 Å². The van der Waals surface area contributed by atoms with Crippen LogP contribution in [0.15, 0.2) is 205 Å². The molecule has 0 bridgehead atoms. The zero-order chi connectivity index (χ0) is 36.3. The van der Waals surface area contributed by atoms with E-state index in [1.165, 1.54) is 32.4 Å². The molecule has 0 aliphatic rings. The lowest BCUT2D eigenvalue weighted by atomic mass is 10.0. The van der Waals surface area contributed by atoms with Gasteiger partial charge in [0.2, 0.25) is 5.89 Å². The van der Waals surface area contributed by atoms with Crippen LogP contribution in [0.5, 0.6) is 0 Å². The summed E-state index contributed by atoms with van der Waals surface area (Å²) in [6, 6.07) is 71.0. The molecule has 0 spiro atoms. The number of hydrogen-bond acceptors (Lipinski definition) is 3. The Morgan fingerprint density at radius 3 is 2.00 bits per heavy atom. The maximum absolute atomic E-state index is 6.79. The maximum atomic E-state index is 6.79. The van der Waals surface area contributed by atoms with E-state index in [2.05, 4.69) is 204 Å².